The Morgan fingerprint density at radius 1 is 1.19 bits per heavy atom. The first kappa shape index (κ1) is 23.2. The van der Waals surface area contributed by atoms with E-state index in [0.29, 0.717) is 21.5 Å². The number of hydrogen-bond donors (Lipinski definition) is 0. The number of esters is 1. The summed E-state index contributed by atoms with van der Waals surface area (Å²) in [5.74, 6) is -0.642. The molecule has 1 amide bonds. The maximum Gasteiger partial charge on any atom is 0.307 e. The summed E-state index contributed by atoms with van der Waals surface area (Å²) in [4.78, 5) is 42.0. The summed E-state index contributed by atoms with van der Waals surface area (Å²) in [7, 11) is 0. The molecule has 0 fully saturated rings. The van der Waals surface area contributed by atoms with Gasteiger partial charge in [-0.1, -0.05) is 29.0 Å². The van der Waals surface area contributed by atoms with E-state index in [-0.39, 0.29) is 30.4 Å². The van der Waals surface area contributed by atoms with E-state index >= 15 is 0 Å². The Kier molecular flexibility index (Phi) is 7.30. The molecule has 0 aliphatic heterocycles. The molecule has 0 spiro atoms. The van der Waals surface area contributed by atoms with Gasteiger partial charge in [-0.2, -0.15) is 0 Å². The van der Waals surface area contributed by atoms with Crippen molar-refractivity contribution in [1.82, 2.24) is 9.55 Å². The fourth-order valence-electron chi connectivity index (χ4n) is 3.15. The Morgan fingerprint density at radius 2 is 1.94 bits per heavy atom. The lowest BCUT2D eigenvalue weighted by Crippen LogP contribution is -2.24. The van der Waals surface area contributed by atoms with Gasteiger partial charge in [0.1, 0.15) is 6.61 Å². The van der Waals surface area contributed by atoms with Crippen LogP contribution in [0.5, 0.6) is 0 Å². The predicted molar refractivity (Wildman–Crippen MR) is 124 cm³/mol. The number of carbonyl (C=O) groups is 2. The maximum absolute atomic E-state index is 12.4. The van der Waals surface area contributed by atoms with Crippen LogP contribution in [0.15, 0.2) is 27.7 Å². The van der Waals surface area contributed by atoms with Crippen molar-refractivity contribution in [2.75, 3.05) is 4.90 Å². The van der Waals surface area contributed by atoms with E-state index in [1.54, 1.807) is 21.4 Å². The smallest absolute Gasteiger partial charge is 0.307 e. The van der Waals surface area contributed by atoms with E-state index in [9.17, 15) is 14.4 Å². The van der Waals surface area contributed by atoms with E-state index in [4.69, 9.17) is 16.3 Å². The topological polar surface area (TPSA) is 81.5 Å². The van der Waals surface area contributed by atoms with Crippen LogP contribution < -0.4 is 9.77 Å². The number of ether oxygens (including phenoxy) is 1. The normalized spacial score (nSPS) is 10.9. The molecular formula is C21H22ClN3O4S2. The van der Waals surface area contributed by atoms with Crippen molar-refractivity contribution in [3.63, 3.8) is 0 Å². The number of amides is 1. The third kappa shape index (κ3) is 5.41. The molecule has 7 nitrogen and oxygen atoms in total. The highest BCUT2D eigenvalue weighted by molar-refractivity contribution is 7.14. The van der Waals surface area contributed by atoms with Crippen molar-refractivity contribution in [2.45, 2.75) is 47.3 Å². The molecule has 31 heavy (non-hydrogen) atoms. The molecule has 10 heteroatoms. The zero-order valence-electron chi connectivity index (χ0n) is 17.6. The Bertz CT molecular complexity index is 1160. The third-order valence-corrected chi connectivity index (χ3v) is 6.61. The molecule has 0 aliphatic carbocycles. The van der Waals surface area contributed by atoms with Gasteiger partial charge in [0.15, 0.2) is 5.13 Å². The number of thiazole rings is 2. The summed E-state index contributed by atoms with van der Waals surface area (Å²) in [6.07, 6.45) is 0.0895. The van der Waals surface area contributed by atoms with Crippen molar-refractivity contribution in [2.24, 2.45) is 0 Å². The number of halogens is 1. The number of carbonyl (C=O) groups excluding carboxylic acids is 2. The number of nitrogens with zero attached hydrogens (tertiary/aromatic N) is 3. The van der Waals surface area contributed by atoms with E-state index < -0.39 is 5.97 Å². The summed E-state index contributed by atoms with van der Waals surface area (Å²) in [5.41, 5.74) is 3.81. The molecule has 0 radical (unpaired) electrons. The van der Waals surface area contributed by atoms with Gasteiger partial charge in [-0.15, -0.1) is 11.3 Å². The summed E-state index contributed by atoms with van der Waals surface area (Å²) < 4.78 is 6.84. The van der Waals surface area contributed by atoms with Crippen LogP contribution in [0.4, 0.5) is 10.8 Å². The molecule has 0 aliphatic rings. The molecule has 0 saturated carbocycles. The average molecular weight is 480 g/mol. The standard InChI is InChI=1S/C21H22ClN3O4S2/c1-12-7-13(2)19(17(22)8-12)25(15(4)26)20-23-16(11-30-20)9-29-18(27)5-6-24-14(3)10-31-21(24)28/h7-8,10-11H,5-6,9H2,1-4H3. The number of aryl methyl sites for hydroxylation is 3. The molecular weight excluding hydrogens is 458 g/mol. The van der Waals surface area contributed by atoms with Crippen molar-refractivity contribution < 1.29 is 14.3 Å². The second kappa shape index (κ2) is 9.76. The zero-order chi connectivity index (χ0) is 22.7. The number of aromatic nitrogens is 2. The molecule has 0 atom stereocenters. The second-order valence-corrected chi connectivity index (χ2v) is 9.16. The molecule has 2 aromatic heterocycles. The van der Waals surface area contributed by atoms with E-state index in [1.165, 1.54) is 23.2 Å². The number of benzene rings is 1. The van der Waals surface area contributed by atoms with Gasteiger partial charge in [0, 0.05) is 29.9 Å². The van der Waals surface area contributed by atoms with Gasteiger partial charge in [0.2, 0.25) is 5.91 Å². The highest BCUT2D eigenvalue weighted by Gasteiger charge is 2.23. The van der Waals surface area contributed by atoms with Gasteiger partial charge in [0.25, 0.3) is 0 Å². The molecule has 0 bridgehead atoms. The predicted octanol–water partition coefficient (Wildman–Crippen LogP) is 4.76. The third-order valence-electron chi connectivity index (χ3n) is 4.56. The SMILES string of the molecule is CC(=O)N(c1nc(COC(=O)CCn2c(C)csc2=O)cs1)c1c(C)cc(C)cc1Cl. The first-order chi connectivity index (χ1) is 14.7. The van der Waals surface area contributed by atoms with Gasteiger partial charge >= 0.3 is 10.8 Å². The van der Waals surface area contributed by atoms with Crippen LogP contribution in [0.1, 0.15) is 35.9 Å². The first-order valence-corrected chi connectivity index (χ1v) is 11.6. The first-order valence-electron chi connectivity index (χ1n) is 9.49. The maximum atomic E-state index is 12.4. The van der Waals surface area contributed by atoms with Crippen molar-refractivity contribution in [3.8, 4) is 0 Å². The number of rotatable bonds is 7. The molecule has 0 saturated heterocycles. The zero-order valence-corrected chi connectivity index (χ0v) is 20.0. The Labute approximate surface area is 192 Å². The average Bonchev–Trinajstić information content (AvgIpc) is 3.27. The van der Waals surface area contributed by atoms with Crippen LogP contribution in [0, 0.1) is 20.8 Å². The lowest BCUT2D eigenvalue weighted by molar-refractivity contribution is -0.145. The summed E-state index contributed by atoms with van der Waals surface area (Å²) in [5, 5.41) is 4.42. The molecule has 0 N–H and O–H groups in total. The van der Waals surface area contributed by atoms with Crippen LogP contribution in [0.2, 0.25) is 5.02 Å². The molecule has 1 aromatic carbocycles. The van der Waals surface area contributed by atoms with Gasteiger partial charge in [-0.3, -0.25) is 19.3 Å². The lowest BCUT2D eigenvalue weighted by Gasteiger charge is -2.22. The fourth-order valence-corrected chi connectivity index (χ4v) is 5.17. The van der Waals surface area contributed by atoms with Crippen molar-refractivity contribution >= 4 is 57.0 Å². The highest BCUT2D eigenvalue weighted by atomic mass is 35.5. The Morgan fingerprint density at radius 3 is 2.55 bits per heavy atom. The monoisotopic (exact) mass is 479 g/mol. The fraction of sp³-hybridized carbons (Fsp3) is 0.333. The number of hydrogen-bond acceptors (Lipinski definition) is 7. The molecule has 3 rings (SSSR count). The Hall–Kier alpha value is -2.49. The largest absolute Gasteiger partial charge is 0.459 e. The lowest BCUT2D eigenvalue weighted by atomic mass is 10.1. The van der Waals surface area contributed by atoms with Crippen molar-refractivity contribution in [1.29, 1.82) is 0 Å². The second-order valence-electron chi connectivity index (χ2n) is 7.09. The molecule has 3 aromatic rings. The van der Waals surface area contributed by atoms with Gasteiger partial charge < -0.3 is 9.30 Å². The minimum absolute atomic E-state index is 0.0147. The van der Waals surface area contributed by atoms with E-state index in [1.807, 2.05) is 26.8 Å². The number of anilines is 2. The van der Waals surface area contributed by atoms with Gasteiger partial charge in [-0.25, -0.2) is 4.98 Å². The highest BCUT2D eigenvalue weighted by Crippen LogP contribution is 2.37. The minimum Gasteiger partial charge on any atom is -0.459 e. The molecule has 0 unspecified atom stereocenters. The van der Waals surface area contributed by atoms with Crippen LogP contribution in [-0.2, 0) is 27.5 Å². The quantitative estimate of drug-likeness (QED) is 0.456. The summed E-state index contributed by atoms with van der Waals surface area (Å²) in [6, 6.07) is 3.75. The molecule has 164 valence electrons. The van der Waals surface area contributed by atoms with E-state index in [0.717, 1.165) is 28.2 Å². The molecule has 2 heterocycles. The Balaban J connectivity index is 1.68. The minimum atomic E-state index is -0.423. The van der Waals surface area contributed by atoms with Crippen LogP contribution >= 0.6 is 34.3 Å². The van der Waals surface area contributed by atoms with Crippen molar-refractivity contribution in [3.05, 3.63) is 60.1 Å². The summed E-state index contributed by atoms with van der Waals surface area (Å²) >= 11 is 8.80. The van der Waals surface area contributed by atoms with Crippen LogP contribution in [0.3, 0.4) is 0 Å². The van der Waals surface area contributed by atoms with Crippen LogP contribution in [0.25, 0.3) is 0 Å². The van der Waals surface area contributed by atoms with Crippen LogP contribution in [-0.4, -0.2) is 21.4 Å². The van der Waals surface area contributed by atoms with Gasteiger partial charge in [0.05, 0.1) is 22.8 Å². The van der Waals surface area contributed by atoms with Gasteiger partial charge in [-0.05, 0) is 38.0 Å². The summed E-state index contributed by atoms with van der Waals surface area (Å²) in [6.45, 7) is 7.36. The van der Waals surface area contributed by atoms with E-state index in [2.05, 4.69) is 4.98 Å².